The number of benzene rings is 1. The lowest BCUT2D eigenvalue weighted by molar-refractivity contribution is -0.137. The normalized spacial score (nSPS) is 15.8. The number of nitrogens with one attached hydrogen (secondary N) is 2. The zero-order valence-electron chi connectivity index (χ0n) is 13.1. The Balaban J connectivity index is 1.53. The molecule has 2 N–H and O–H groups in total. The first-order valence-corrected chi connectivity index (χ1v) is 8.60. The van der Waals surface area contributed by atoms with E-state index in [1.807, 2.05) is 18.2 Å². The van der Waals surface area contributed by atoms with Crippen molar-refractivity contribution in [2.45, 2.75) is 18.9 Å². The summed E-state index contributed by atoms with van der Waals surface area (Å²) >= 11 is 1.25. The van der Waals surface area contributed by atoms with Gasteiger partial charge in [-0.25, -0.2) is 0 Å². The van der Waals surface area contributed by atoms with E-state index in [4.69, 9.17) is 0 Å². The Hall–Kier alpha value is -2.42. The van der Waals surface area contributed by atoms with Gasteiger partial charge in [0, 0.05) is 11.6 Å². The van der Waals surface area contributed by atoms with Crippen LogP contribution in [0.5, 0.6) is 0 Å². The minimum atomic E-state index is -0.324. The topological polar surface area (TPSA) is 110 Å². The number of esters is 1. The van der Waals surface area contributed by atoms with Crippen LogP contribution < -0.4 is 5.32 Å². The molecule has 0 radical (unpaired) electrons. The molecule has 0 aliphatic heterocycles. The maximum Gasteiger partial charge on any atom is 0.315 e. The molecular formula is C15H17N5O3S. The highest BCUT2D eigenvalue weighted by molar-refractivity contribution is 8.00. The van der Waals surface area contributed by atoms with E-state index >= 15 is 0 Å². The van der Waals surface area contributed by atoms with Crippen molar-refractivity contribution in [3.8, 4) is 11.4 Å². The Labute approximate surface area is 142 Å². The number of hydrogen-bond donors (Lipinski definition) is 2. The van der Waals surface area contributed by atoms with Gasteiger partial charge in [-0.05, 0) is 35.2 Å². The lowest BCUT2D eigenvalue weighted by atomic mass is 10.1. The number of carbonyl (C=O) groups is 2. The molecule has 1 aromatic carbocycles. The Morgan fingerprint density at radius 2 is 2.17 bits per heavy atom. The van der Waals surface area contributed by atoms with Crippen molar-refractivity contribution in [2.24, 2.45) is 0 Å². The van der Waals surface area contributed by atoms with Crippen molar-refractivity contribution in [3.05, 3.63) is 29.3 Å². The van der Waals surface area contributed by atoms with Crippen LogP contribution in [0.25, 0.3) is 11.4 Å². The summed E-state index contributed by atoms with van der Waals surface area (Å²) in [6.45, 7) is 0. The molecule has 1 aromatic heterocycles. The number of amides is 1. The summed E-state index contributed by atoms with van der Waals surface area (Å²) in [4.78, 5) is 23.0. The van der Waals surface area contributed by atoms with E-state index in [0.717, 1.165) is 18.4 Å². The number of hydrogen-bond acceptors (Lipinski definition) is 7. The number of tetrazole rings is 1. The second-order valence-electron chi connectivity index (χ2n) is 5.46. The number of methoxy groups -OCH3 is 1. The summed E-state index contributed by atoms with van der Waals surface area (Å²) < 4.78 is 4.54. The van der Waals surface area contributed by atoms with Gasteiger partial charge in [0.2, 0.25) is 11.7 Å². The van der Waals surface area contributed by atoms with Gasteiger partial charge in [-0.3, -0.25) is 9.59 Å². The van der Waals surface area contributed by atoms with Gasteiger partial charge in [-0.2, -0.15) is 5.21 Å². The molecule has 0 bridgehead atoms. The van der Waals surface area contributed by atoms with Crippen LogP contribution in [0.15, 0.2) is 18.2 Å². The fourth-order valence-corrected chi connectivity index (χ4v) is 3.35. The van der Waals surface area contributed by atoms with E-state index in [-0.39, 0.29) is 29.4 Å². The predicted octanol–water partition coefficient (Wildman–Crippen LogP) is 0.356. The van der Waals surface area contributed by atoms with Gasteiger partial charge in [0.1, 0.15) is 0 Å². The van der Waals surface area contributed by atoms with Gasteiger partial charge < -0.3 is 10.1 Å². The van der Waals surface area contributed by atoms with Crippen LogP contribution in [0.1, 0.15) is 11.1 Å². The van der Waals surface area contributed by atoms with Crippen molar-refractivity contribution in [3.63, 3.8) is 0 Å². The molecule has 1 unspecified atom stereocenters. The van der Waals surface area contributed by atoms with Gasteiger partial charge in [-0.15, -0.1) is 22.0 Å². The molecule has 0 fully saturated rings. The number of carbonyl (C=O) groups excluding carboxylic acids is 2. The number of rotatable bonds is 6. The quantitative estimate of drug-likeness (QED) is 0.726. The molecular weight excluding hydrogens is 330 g/mol. The summed E-state index contributed by atoms with van der Waals surface area (Å²) in [7, 11) is 1.33. The van der Waals surface area contributed by atoms with Crippen LogP contribution in [-0.4, -0.2) is 57.2 Å². The molecule has 3 rings (SSSR count). The Kier molecular flexibility index (Phi) is 5.09. The molecule has 0 saturated carbocycles. The van der Waals surface area contributed by atoms with E-state index in [0.29, 0.717) is 5.82 Å². The maximum atomic E-state index is 12.0. The number of H-pyrrole nitrogens is 1. The van der Waals surface area contributed by atoms with Crippen molar-refractivity contribution in [1.82, 2.24) is 25.9 Å². The minimum absolute atomic E-state index is 0.0694. The summed E-state index contributed by atoms with van der Waals surface area (Å²) in [6, 6.07) is 6.12. The third-order valence-corrected chi connectivity index (χ3v) is 4.69. The van der Waals surface area contributed by atoms with Crippen molar-refractivity contribution in [1.29, 1.82) is 0 Å². The second-order valence-corrected chi connectivity index (χ2v) is 6.45. The monoisotopic (exact) mass is 347 g/mol. The van der Waals surface area contributed by atoms with Crippen LogP contribution in [-0.2, 0) is 27.2 Å². The van der Waals surface area contributed by atoms with Crippen molar-refractivity contribution < 1.29 is 14.3 Å². The maximum absolute atomic E-state index is 12.0. The summed E-state index contributed by atoms with van der Waals surface area (Å²) in [5, 5.41) is 17.0. The first-order chi connectivity index (χ1) is 11.7. The second kappa shape index (κ2) is 7.43. The molecule has 1 aliphatic carbocycles. The highest BCUT2D eigenvalue weighted by Gasteiger charge is 2.23. The SMILES string of the molecule is COC(=O)CSCC(=O)NC1Cc2ccc(-c3nn[nH]n3)cc2C1. The molecule has 2 aromatic rings. The van der Waals surface area contributed by atoms with Crippen LogP contribution in [0.3, 0.4) is 0 Å². The standard InChI is InChI=1S/C15H17N5O3S/c1-23-14(22)8-24-7-13(21)16-12-5-9-2-3-10(4-11(9)6-12)15-17-19-20-18-15/h2-4,12H,5-8H2,1H3,(H,16,21)(H,17,18,19,20). The number of aromatic amines is 1. The largest absolute Gasteiger partial charge is 0.468 e. The summed E-state index contributed by atoms with van der Waals surface area (Å²) in [5.74, 6) is 0.596. The van der Waals surface area contributed by atoms with E-state index in [9.17, 15) is 9.59 Å². The lowest BCUT2D eigenvalue weighted by Crippen LogP contribution is -2.36. The highest BCUT2D eigenvalue weighted by atomic mass is 32.2. The van der Waals surface area contributed by atoms with Gasteiger partial charge in [0.05, 0.1) is 18.6 Å². The molecule has 0 saturated heterocycles. The average molecular weight is 347 g/mol. The van der Waals surface area contributed by atoms with Crippen LogP contribution in [0.4, 0.5) is 0 Å². The number of ether oxygens (including phenoxy) is 1. The molecule has 1 aliphatic rings. The van der Waals surface area contributed by atoms with Crippen LogP contribution in [0.2, 0.25) is 0 Å². The number of fused-ring (bicyclic) bond motifs is 1. The number of aromatic nitrogens is 4. The van der Waals surface area contributed by atoms with Crippen LogP contribution in [0, 0.1) is 0 Å². The van der Waals surface area contributed by atoms with Gasteiger partial charge >= 0.3 is 5.97 Å². The molecule has 1 heterocycles. The van der Waals surface area contributed by atoms with E-state index in [2.05, 4.69) is 30.7 Å². The Morgan fingerprint density at radius 1 is 1.33 bits per heavy atom. The molecule has 126 valence electrons. The predicted molar refractivity (Wildman–Crippen MR) is 88.3 cm³/mol. The summed E-state index contributed by atoms with van der Waals surface area (Å²) in [5.41, 5.74) is 3.31. The van der Waals surface area contributed by atoms with Crippen molar-refractivity contribution in [2.75, 3.05) is 18.6 Å². The first-order valence-electron chi connectivity index (χ1n) is 7.45. The minimum Gasteiger partial charge on any atom is -0.468 e. The average Bonchev–Trinajstić information content (AvgIpc) is 3.22. The van der Waals surface area contributed by atoms with Gasteiger partial charge in [0.15, 0.2) is 0 Å². The molecule has 24 heavy (non-hydrogen) atoms. The van der Waals surface area contributed by atoms with Gasteiger partial charge in [0.25, 0.3) is 0 Å². The molecule has 1 amide bonds. The fourth-order valence-electron chi connectivity index (χ4n) is 2.70. The van der Waals surface area contributed by atoms with E-state index in [1.165, 1.54) is 30.0 Å². The molecule has 0 spiro atoms. The number of thioether (sulfide) groups is 1. The molecule has 9 heteroatoms. The van der Waals surface area contributed by atoms with E-state index in [1.54, 1.807) is 0 Å². The Morgan fingerprint density at radius 3 is 2.92 bits per heavy atom. The van der Waals surface area contributed by atoms with E-state index < -0.39 is 0 Å². The van der Waals surface area contributed by atoms with Crippen molar-refractivity contribution >= 4 is 23.6 Å². The first kappa shape index (κ1) is 16.4. The van der Waals surface area contributed by atoms with Crippen LogP contribution >= 0.6 is 11.8 Å². The molecule has 8 nitrogen and oxygen atoms in total. The lowest BCUT2D eigenvalue weighted by Gasteiger charge is -2.11. The number of nitrogens with zero attached hydrogens (tertiary/aromatic N) is 3. The zero-order valence-corrected chi connectivity index (χ0v) is 13.9. The van der Waals surface area contributed by atoms with Gasteiger partial charge in [-0.1, -0.05) is 12.1 Å². The third kappa shape index (κ3) is 3.91. The zero-order chi connectivity index (χ0) is 16.9. The molecule has 1 atom stereocenters. The Bertz CT molecular complexity index is 735. The third-order valence-electron chi connectivity index (χ3n) is 3.79. The smallest absolute Gasteiger partial charge is 0.315 e. The highest BCUT2D eigenvalue weighted by Crippen LogP contribution is 2.26. The summed E-state index contributed by atoms with van der Waals surface area (Å²) in [6.07, 6.45) is 1.57. The fraction of sp³-hybridized carbons (Fsp3) is 0.400.